The van der Waals surface area contributed by atoms with Gasteiger partial charge in [-0.15, -0.1) is 0 Å². The summed E-state index contributed by atoms with van der Waals surface area (Å²) in [6, 6.07) is 9.37. The third-order valence-electron chi connectivity index (χ3n) is 3.08. The summed E-state index contributed by atoms with van der Waals surface area (Å²) in [5, 5.41) is 0. The minimum Gasteiger partial charge on any atom is -0.458 e. The van der Waals surface area contributed by atoms with Crippen molar-refractivity contribution in [2.75, 3.05) is 0 Å². The highest BCUT2D eigenvalue weighted by atomic mass is 16.3. The van der Waals surface area contributed by atoms with Crippen LogP contribution in [-0.4, -0.2) is 5.78 Å². The number of rotatable bonds is 3. The fourth-order valence-electron chi connectivity index (χ4n) is 1.82. The van der Waals surface area contributed by atoms with Gasteiger partial charge >= 0.3 is 0 Å². The van der Waals surface area contributed by atoms with Gasteiger partial charge < -0.3 is 4.42 Å². The molecule has 2 nitrogen and oxygen atoms in total. The Morgan fingerprint density at radius 3 is 2.59 bits per heavy atom. The number of aryl methyl sites for hydroxylation is 2. The van der Waals surface area contributed by atoms with Gasteiger partial charge in [0.15, 0.2) is 5.76 Å². The van der Waals surface area contributed by atoms with Crippen molar-refractivity contribution in [3.05, 3.63) is 58.5 Å². The van der Waals surface area contributed by atoms with Gasteiger partial charge in [-0.1, -0.05) is 25.1 Å². The Balaban J connectivity index is 2.40. The van der Waals surface area contributed by atoms with E-state index in [2.05, 4.69) is 0 Å². The molecule has 0 aliphatic carbocycles. The van der Waals surface area contributed by atoms with E-state index in [0.717, 1.165) is 28.9 Å². The van der Waals surface area contributed by atoms with E-state index in [1.54, 1.807) is 6.07 Å². The van der Waals surface area contributed by atoms with Crippen molar-refractivity contribution >= 4 is 5.78 Å². The molecule has 0 unspecified atom stereocenters. The Hall–Kier alpha value is -1.83. The average Bonchev–Trinajstić information content (AvgIpc) is 2.80. The molecule has 0 saturated carbocycles. The largest absolute Gasteiger partial charge is 0.458 e. The molecular weight excluding hydrogens is 212 g/mol. The van der Waals surface area contributed by atoms with Crippen molar-refractivity contribution in [1.29, 1.82) is 0 Å². The van der Waals surface area contributed by atoms with Crippen molar-refractivity contribution in [3.8, 4) is 0 Å². The van der Waals surface area contributed by atoms with E-state index in [1.807, 2.05) is 45.0 Å². The normalized spacial score (nSPS) is 10.5. The van der Waals surface area contributed by atoms with Gasteiger partial charge in [0, 0.05) is 12.0 Å². The van der Waals surface area contributed by atoms with Gasteiger partial charge in [-0.2, -0.15) is 0 Å². The van der Waals surface area contributed by atoms with Gasteiger partial charge in [-0.3, -0.25) is 4.79 Å². The molecule has 0 aliphatic rings. The van der Waals surface area contributed by atoms with E-state index in [1.165, 1.54) is 0 Å². The highest BCUT2D eigenvalue weighted by Gasteiger charge is 2.15. The molecule has 0 spiro atoms. The van der Waals surface area contributed by atoms with Crippen molar-refractivity contribution in [2.24, 2.45) is 0 Å². The zero-order valence-corrected chi connectivity index (χ0v) is 10.4. The zero-order valence-electron chi connectivity index (χ0n) is 10.4. The van der Waals surface area contributed by atoms with Gasteiger partial charge in [0.25, 0.3) is 0 Å². The van der Waals surface area contributed by atoms with Gasteiger partial charge in [0.1, 0.15) is 5.76 Å². The summed E-state index contributed by atoms with van der Waals surface area (Å²) in [5.41, 5.74) is 2.87. The number of benzene rings is 1. The van der Waals surface area contributed by atoms with Crippen LogP contribution in [0.2, 0.25) is 0 Å². The Morgan fingerprint density at radius 1 is 1.18 bits per heavy atom. The Labute approximate surface area is 101 Å². The van der Waals surface area contributed by atoms with Crippen LogP contribution in [0.5, 0.6) is 0 Å². The third kappa shape index (κ3) is 2.16. The third-order valence-corrected chi connectivity index (χ3v) is 3.08. The molecule has 0 atom stereocenters. The maximum atomic E-state index is 12.3. The van der Waals surface area contributed by atoms with Gasteiger partial charge in [-0.05, 0) is 37.1 Å². The number of carbonyl (C=O) groups excluding carboxylic acids is 1. The summed E-state index contributed by atoms with van der Waals surface area (Å²) in [5.74, 6) is 1.24. The van der Waals surface area contributed by atoms with Crippen LogP contribution >= 0.6 is 0 Å². The number of carbonyl (C=O) groups is 1. The quantitative estimate of drug-likeness (QED) is 0.750. The lowest BCUT2D eigenvalue weighted by Gasteiger charge is -2.05. The number of ketones is 1. The number of furan rings is 1. The molecular formula is C15H16O2. The first-order chi connectivity index (χ1) is 8.13. The number of hydrogen-bond acceptors (Lipinski definition) is 2. The monoisotopic (exact) mass is 228 g/mol. The molecule has 2 rings (SSSR count). The molecule has 0 N–H and O–H groups in total. The minimum absolute atomic E-state index is 0.0362. The van der Waals surface area contributed by atoms with Crippen LogP contribution in [0.1, 0.15) is 39.9 Å². The fraction of sp³-hybridized carbons (Fsp3) is 0.267. The predicted molar refractivity (Wildman–Crippen MR) is 67.4 cm³/mol. The smallest absolute Gasteiger partial charge is 0.228 e. The maximum Gasteiger partial charge on any atom is 0.228 e. The maximum absolute atomic E-state index is 12.3. The molecule has 0 aliphatic heterocycles. The van der Waals surface area contributed by atoms with Gasteiger partial charge in [0.2, 0.25) is 5.78 Å². The topological polar surface area (TPSA) is 30.2 Å². The van der Waals surface area contributed by atoms with E-state index in [0.29, 0.717) is 5.76 Å². The Kier molecular flexibility index (Phi) is 3.14. The molecule has 2 aromatic rings. The van der Waals surface area contributed by atoms with Crippen LogP contribution in [0.4, 0.5) is 0 Å². The second-order valence-corrected chi connectivity index (χ2v) is 4.20. The van der Waals surface area contributed by atoms with Crippen LogP contribution in [0.25, 0.3) is 0 Å². The van der Waals surface area contributed by atoms with Crippen LogP contribution < -0.4 is 0 Å². The molecule has 1 aromatic heterocycles. The van der Waals surface area contributed by atoms with E-state index >= 15 is 0 Å². The zero-order chi connectivity index (χ0) is 12.4. The first kappa shape index (κ1) is 11.6. The molecule has 88 valence electrons. The van der Waals surface area contributed by atoms with Gasteiger partial charge in [-0.25, -0.2) is 0 Å². The highest BCUT2D eigenvalue weighted by Crippen LogP contribution is 2.18. The summed E-state index contributed by atoms with van der Waals surface area (Å²) < 4.78 is 5.49. The fourth-order valence-corrected chi connectivity index (χ4v) is 1.82. The number of hydrogen-bond donors (Lipinski definition) is 0. The second kappa shape index (κ2) is 4.58. The first-order valence-electron chi connectivity index (χ1n) is 5.83. The van der Waals surface area contributed by atoms with Crippen LogP contribution in [-0.2, 0) is 6.42 Å². The Morgan fingerprint density at radius 2 is 1.94 bits per heavy atom. The van der Waals surface area contributed by atoms with Gasteiger partial charge in [0.05, 0.1) is 0 Å². The average molecular weight is 228 g/mol. The molecule has 0 radical (unpaired) electrons. The second-order valence-electron chi connectivity index (χ2n) is 4.20. The highest BCUT2D eigenvalue weighted by molar-refractivity contribution is 6.08. The van der Waals surface area contributed by atoms with Crippen molar-refractivity contribution in [2.45, 2.75) is 27.2 Å². The summed E-state index contributed by atoms with van der Waals surface area (Å²) in [4.78, 5) is 12.3. The summed E-state index contributed by atoms with van der Waals surface area (Å²) in [6.45, 7) is 5.98. The van der Waals surface area contributed by atoms with Crippen molar-refractivity contribution in [3.63, 3.8) is 0 Å². The molecule has 0 amide bonds. The van der Waals surface area contributed by atoms with Crippen molar-refractivity contribution in [1.82, 2.24) is 0 Å². The van der Waals surface area contributed by atoms with Crippen LogP contribution in [0.3, 0.4) is 0 Å². The molecule has 0 saturated heterocycles. The van der Waals surface area contributed by atoms with E-state index in [9.17, 15) is 4.79 Å². The molecule has 2 heteroatoms. The molecule has 1 aromatic carbocycles. The van der Waals surface area contributed by atoms with Crippen LogP contribution in [0, 0.1) is 13.8 Å². The Bertz CT molecular complexity index is 550. The molecule has 17 heavy (non-hydrogen) atoms. The lowest BCUT2D eigenvalue weighted by Crippen LogP contribution is -2.03. The summed E-state index contributed by atoms with van der Waals surface area (Å²) >= 11 is 0. The lowest BCUT2D eigenvalue weighted by molar-refractivity contribution is 0.101. The standard InChI is InChI=1S/C15H16O2/c1-4-12-8-9-14(17-12)15(16)13-7-5-6-10(2)11(13)3/h5-9H,4H2,1-3H3. The predicted octanol–water partition coefficient (Wildman–Crippen LogP) is 3.69. The summed E-state index contributed by atoms with van der Waals surface area (Å²) in [6.07, 6.45) is 0.806. The summed E-state index contributed by atoms with van der Waals surface area (Å²) in [7, 11) is 0. The molecule has 1 heterocycles. The van der Waals surface area contributed by atoms with E-state index in [-0.39, 0.29) is 5.78 Å². The SMILES string of the molecule is CCc1ccc(C(=O)c2cccc(C)c2C)o1. The van der Waals surface area contributed by atoms with Crippen molar-refractivity contribution < 1.29 is 9.21 Å². The molecule has 0 bridgehead atoms. The minimum atomic E-state index is -0.0362. The van der Waals surface area contributed by atoms with E-state index in [4.69, 9.17) is 4.42 Å². The molecule has 0 fully saturated rings. The first-order valence-corrected chi connectivity index (χ1v) is 5.83. The lowest BCUT2D eigenvalue weighted by atomic mass is 9.99. The van der Waals surface area contributed by atoms with Crippen LogP contribution in [0.15, 0.2) is 34.7 Å². The van der Waals surface area contributed by atoms with E-state index < -0.39 is 0 Å².